The smallest absolute Gasteiger partial charge is 0.0767 e. The monoisotopic (exact) mass is 508 g/mol. The second-order valence-corrected chi connectivity index (χ2v) is 12.3. The van der Waals surface area contributed by atoms with E-state index in [-0.39, 0.29) is 0 Å². The first-order valence-electron chi connectivity index (χ1n) is 13.0. The van der Waals surface area contributed by atoms with Crippen molar-refractivity contribution < 1.29 is 4.52 Å². The molecule has 0 saturated carbocycles. The molecule has 0 radical (unpaired) electrons. The van der Waals surface area contributed by atoms with Crippen LogP contribution in [0.25, 0.3) is 10.9 Å². The van der Waals surface area contributed by atoms with Gasteiger partial charge >= 0.3 is 0 Å². The molecule has 5 aromatic carbocycles. The first-order valence-corrected chi connectivity index (χ1v) is 14.7. The van der Waals surface area contributed by atoms with Gasteiger partial charge in [0.1, 0.15) is 0 Å². The molecule has 2 heteroatoms. The van der Waals surface area contributed by atoms with Crippen molar-refractivity contribution in [3.63, 3.8) is 0 Å². The summed E-state index contributed by atoms with van der Waals surface area (Å²) in [6, 6.07) is 53.5. The normalized spacial score (nSPS) is 17.0. The van der Waals surface area contributed by atoms with Gasteiger partial charge in [-0.2, -0.15) is 0 Å². The highest BCUT2D eigenvalue weighted by molar-refractivity contribution is 7.88. The molecule has 0 aromatic heterocycles. The molecule has 1 unspecified atom stereocenters. The molecule has 5 aromatic rings. The zero-order valence-corrected chi connectivity index (χ0v) is 22.0. The molecule has 0 saturated heterocycles. The number of hydrogen-bond acceptors (Lipinski definition) is 1. The van der Waals surface area contributed by atoms with Crippen LogP contribution >= 0.6 is 7.11 Å². The van der Waals surface area contributed by atoms with Crippen molar-refractivity contribution >= 4 is 28.6 Å². The van der Waals surface area contributed by atoms with Crippen molar-refractivity contribution in [3.8, 4) is 0 Å². The minimum absolute atomic E-state index is 0.526. The highest BCUT2D eigenvalue weighted by atomic mass is 31.2. The minimum Gasteiger partial charge on any atom is -0.347 e. The minimum atomic E-state index is -2.53. The SMILES string of the molecule is C1=C(c2ccccc2)C=C(c2ccccc2)P(OCc2ccccc2)(c2ccccc2)=C1c1ccccc1. The summed E-state index contributed by atoms with van der Waals surface area (Å²) in [5.74, 6) is 0. The molecule has 38 heavy (non-hydrogen) atoms. The van der Waals surface area contributed by atoms with Gasteiger partial charge in [0.25, 0.3) is 0 Å². The predicted molar refractivity (Wildman–Crippen MR) is 164 cm³/mol. The Labute approximate surface area is 225 Å². The fourth-order valence-corrected chi connectivity index (χ4v) is 8.91. The van der Waals surface area contributed by atoms with Crippen LogP contribution in [0.3, 0.4) is 0 Å². The van der Waals surface area contributed by atoms with Gasteiger partial charge in [-0.15, -0.1) is 0 Å². The fourth-order valence-electron chi connectivity index (χ4n) is 5.07. The van der Waals surface area contributed by atoms with E-state index in [4.69, 9.17) is 4.52 Å². The van der Waals surface area contributed by atoms with Gasteiger partial charge in [0.15, 0.2) is 0 Å². The van der Waals surface area contributed by atoms with Gasteiger partial charge in [0, 0.05) is 15.9 Å². The second-order valence-electron chi connectivity index (χ2n) is 9.32. The van der Waals surface area contributed by atoms with Gasteiger partial charge < -0.3 is 4.52 Å². The first kappa shape index (κ1) is 24.2. The molecular weight excluding hydrogens is 479 g/mol. The second kappa shape index (κ2) is 11.1. The molecule has 0 spiro atoms. The molecule has 0 fully saturated rings. The lowest BCUT2D eigenvalue weighted by Crippen LogP contribution is -2.19. The largest absolute Gasteiger partial charge is 0.347 e. The van der Waals surface area contributed by atoms with Crippen LogP contribution < -0.4 is 5.30 Å². The molecule has 184 valence electrons. The fraction of sp³-hybridized carbons (Fsp3) is 0.0278. The van der Waals surface area contributed by atoms with E-state index in [0.29, 0.717) is 6.61 Å². The Balaban J connectivity index is 1.71. The van der Waals surface area contributed by atoms with Crippen LogP contribution in [0, 0.1) is 0 Å². The van der Waals surface area contributed by atoms with Crippen molar-refractivity contribution in [3.05, 3.63) is 186 Å². The molecule has 1 aliphatic heterocycles. The quantitative estimate of drug-likeness (QED) is 0.200. The van der Waals surface area contributed by atoms with Crippen LogP contribution in [0.5, 0.6) is 0 Å². The zero-order valence-electron chi connectivity index (χ0n) is 21.2. The average Bonchev–Trinajstić information content (AvgIpc) is 3.02. The summed E-state index contributed by atoms with van der Waals surface area (Å²) in [5, 5.41) is 3.69. The van der Waals surface area contributed by atoms with Crippen LogP contribution in [0.2, 0.25) is 0 Å². The van der Waals surface area contributed by atoms with Crippen LogP contribution in [0.15, 0.2) is 164 Å². The van der Waals surface area contributed by atoms with Gasteiger partial charge in [-0.25, -0.2) is 0 Å². The molecule has 0 bridgehead atoms. The summed E-state index contributed by atoms with van der Waals surface area (Å²) < 4.78 is 7.32. The van der Waals surface area contributed by atoms with Gasteiger partial charge in [-0.05, 0) is 40.0 Å². The summed E-state index contributed by atoms with van der Waals surface area (Å²) in [7, 11) is -2.53. The van der Waals surface area contributed by atoms with Crippen molar-refractivity contribution in [2.24, 2.45) is 0 Å². The van der Waals surface area contributed by atoms with E-state index in [1.807, 2.05) is 0 Å². The lowest BCUT2D eigenvalue weighted by molar-refractivity contribution is 0.348. The van der Waals surface area contributed by atoms with Crippen LogP contribution in [-0.2, 0) is 11.1 Å². The van der Waals surface area contributed by atoms with Crippen LogP contribution in [-0.4, -0.2) is 5.29 Å². The van der Waals surface area contributed by atoms with Gasteiger partial charge in [-0.1, -0.05) is 152 Å². The summed E-state index contributed by atoms with van der Waals surface area (Å²) in [5.41, 5.74) is 5.93. The van der Waals surface area contributed by atoms with Crippen molar-refractivity contribution in [1.29, 1.82) is 0 Å². The summed E-state index contributed by atoms with van der Waals surface area (Å²) in [4.78, 5) is 0. The Hall–Kier alpha value is -4.16. The lowest BCUT2D eigenvalue weighted by Gasteiger charge is -2.36. The molecule has 0 aliphatic carbocycles. The predicted octanol–water partition coefficient (Wildman–Crippen LogP) is 8.82. The molecule has 0 N–H and O–H groups in total. The molecule has 1 nitrogen and oxygen atoms in total. The number of allylic oxidation sites excluding steroid dienone is 3. The molecule has 1 atom stereocenters. The summed E-state index contributed by atoms with van der Waals surface area (Å²) in [6.07, 6.45) is 4.73. The number of hydrogen-bond donors (Lipinski definition) is 0. The summed E-state index contributed by atoms with van der Waals surface area (Å²) >= 11 is 0. The van der Waals surface area contributed by atoms with Gasteiger partial charge in [0.2, 0.25) is 0 Å². The Kier molecular flexibility index (Phi) is 7.05. The molecule has 6 rings (SSSR count). The van der Waals surface area contributed by atoms with E-state index in [2.05, 4.69) is 164 Å². The van der Waals surface area contributed by atoms with Gasteiger partial charge in [0.05, 0.1) is 13.7 Å². The van der Waals surface area contributed by atoms with E-state index in [1.165, 1.54) is 43.7 Å². The Morgan fingerprint density at radius 2 is 0.921 bits per heavy atom. The van der Waals surface area contributed by atoms with Crippen LogP contribution in [0.1, 0.15) is 22.3 Å². The third-order valence-electron chi connectivity index (χ3n) is 6.90. The van der Waals surface area contributed by atoms with Crippen molar-refractivity contribution in [2.75, 3.05) is 0 Å². The maximum absolute atomic E-state index is 7.32. The first-order chi connectivity index (χ1) is 18.8. The Morgan fingerprint density at radius 1 is 0.447 bits per heavy atom. The van der Waals surface area contributed by atoms with E-state index < -0.39 is 7.11 Å². The van der Waals surface area contributed by atoms with Crippen molar-refractivity contribution in [2.45, 2.75) is 6.61 Å². The van der Waals surface area contributed by atoms with Gasteiger partial charge in [-0.3, -0.25) is 0 Å². The van der Waals surface area contributed by atoms with E-state index in [0.717, 1.165) is 0 Å². The lowest BCUT2D eigenvalue weighted by atomic mass is 10.0. The molecule has 0 amide bonds. The maximum Gasteiger partial charge on any atom is 0.0767 e. The third kappa shape index (κ3) is 4.75. The summed E-state index contributed by atoms with van der Waals surface area (Å²) in [6.45, 7) is 0.526. The Bertz CT molecular complexity index is 1620. The standard InChI is InChI=1S/C36H29OP/c1-6-16-29(17-7-1)28-37-38(34-24-14-5-15-25-34)35(31-20-10-3-11-21-31)26-33(30-18-8-2-9-19-30)27-36(38)32-22-12-4-13-23-32/h1-27H,28H2. The van der Waals surface area contributed by atoms with Crippen molar-refractivity contribution in [1.82, 2.24) is 0 Å². The zero-order chi connectivity index (χ0) is 25.6. The average molecular weight is 509 g/mol. The van der Waals surface area contributed by atoms with E-state index in [9.17, 15) is 0 Å². The number of benzene rings is 5. The third-order valence-corrected chi connectivity index (χ3v) is 10.6. The Morgan fingerprint density at radius 3 is 1.50 bits per heavy atom. The topological polar surface area (TPSA) is 9.23 Å². The van der Waals surface area contributed by atoms with Crippen LogP contribution in [0.4, 0.5) is 0 Å². The highest BCUT2D eigenvalue weighted by Gasteiger charge is 2.35. The molecule has 1 aliphatic rings. The van der Waals surface area contributed by atoms with E-state index in [1.54, 1.807) is 0 Å². The highest BCUT2D eigenvalue weighted by Crippen LogP contribution is 2.64. The van der Waals surface area contributed by atoms with E-state index >= 15 is 0 Å². The maximum atomic E-state index is 7.32. The molecular formula is C36H29OP. The number of rotatable bonds is 7. The molecule has 1 heterocycles.